The molecule has 0 amide bonds. The number of hydrogen-bond donors (Lipinski definition) is 0. The van der Waals surface area contributed by atoms with Gasteiger partial charge in [-0.15, -0.1) is 0 Å². The van der Waals surface area contributed by atoms with Crippen LogP contribution in [-0.4, -0.2) is 14.5 Å². The second-order valence-corrected chi connectivity index (χ2v) is 14.5. The molecule has 8 aromatic carbocycles. The fourth-order valence-corrected chi connectivity index (χ4v) is 8.70. The van der Waals surface area contributed by atoms with E-state index in [4.69, 9.17) is 18.8 Å². The van der Waals surface area contributed by atoms with Gasteiger partial charge in [0.1, 0.15) is 34.3 Å². The minimum absolute atomic E-state index is 0.655. The predicted octanol–water partition coefficient (Wildman–Crippen LogP) is 14.0. The highest BCUT2D eigenvalue weighted by atomic mass is 16.3. The van der Waals surface area contributed by atoms with Gasteiger partial charge in [-0.05, 0) is 76.3 Å². The molecule has 0 aliphatic rings. The van der Waals surface area contributed by atoms with Gasteiger partial charge in [0.15, 0.2) is 5.58 Å². The second kappa shape index (κ2) is 12.4. The Morgan fingerprint density at radius 2 is 1.02 bits per heavy atom. The third kappa shape index (κ3) is 4.89. The van der Waals surface area contributed by atoms with Gasteiger partial charge in [0.2, 0.25) is 0 Å². The van der Waals surface area contributed by atoms with Gasteiger partial charge >= 0.3 is 0 Å². The fourth-order valence-electron chi connectivity index (χ4n) is 8.70. The van der Waals surface area contributed by atoms with Crippen LogP contribution in [0.4, 0.5) is 0 Å². The van der Waals surface area contributed by atoms with Crippen LogP contribution in [0.2, 0.25) is 0 Å². The largest absolute Gasteiger partial charge is 0.455 e. The lowest BCUT2D eigenvalue weighted by Crippen LogP contribution is -1.92. The molecule has 0 bridgehead atoms. The van der Waals surface area contributed by atoms with E-state index in [2.05, 4.69) is 162 Å². The van der Waals surface area contributed by atoms with Crippen LogP contribution in [0.5, 0.6) is 0 Å². The first kappa shape index (κ1) is 31.6. The summed E-state index contributed by atoms with van der Waals surface area (Å²) in [7, 11) is 0. The van der Waals surface area contributed by atoms with Crippen molar-refractivity contribution in [2.75, 3.05) is 0 Å². The Labute approximate surface area is 326 Å². The summed E-state index contributed by atoms with van der Waals surface area (Å²) >= 11 is 0. The van der Waals surface area contributed by atoms with Crippen molar-refractivity contribution in [2.45, 2.75) is 0 Å². The molecule has 5 nitrogen and oxygen atoms in total. The third-order valence-electron chi connectivity index (χ3n) is 11.4. The lowest BCUT2D eigenvalue weighted by Gasteiger charge is -2.08. The molecule has 0 aliphatic heterocycles. The molecule has 57 heavy (non-hydrogen) atoms. The average Bonchev–Trinajstić information content (AvgIpc) is 3.96. The van der Waals surface area contributed by atoms with Crippen molar-refractivity contribution < 1.29 is 8.83 Å². The Kier molecular flexibility index (Phi) is 6.86. The van der Waals surface area contributed by atoms with E-state index in [-0.39, 0.29) is 0 Å². The van der Waals surface area contributed by atoms with Gasteiger partial charge in [-0.3, -0.25) is 0 Å². The van der Waals surface area contributed by atoms with Gasteiger partial charge in [0.25, 0.3) is 0 Å². The number of rotatable bonds is 5. The Bertz CT molecular complexity index is 3500. The van der Waals surface area contributed by atoms with Crippen LogP contribution >= 0.6 is 0 Å². The standard InChI is InChI=1S/C52H31N3O2/c1-3-11-32(12-4-1)33-21-23-34(24-22-33)35-26-28-46-43(29-35)50-52(56-46)49(53-31-54-50)40-17-10-20-47-48(40)41-18-9-16-38(51(41)57-47)36-25-27-45-42(30-36)39-15-7-8-19-44(39)55(45)37-13-5-2-6-14-37/h1-31H. The lowest BCUT2D eigenvalue weighted by molar-refractivity contribution is 0.667. The molecule has 0 unspecified atom stereocenters. The molecule has 0 N–H and O–H groups in total. The quantitative estimate of drug-likeness (QED) is 0.177. The number of fused-ring (bicyclic) bond motifs is 9. The van der Waals surface area contributed by atoms with Crippen LogP contribution in [0.25, 0.3) is 116 Å². The van der Waals surface area contributed by atoms with Crippen molar-refractivity contribution in [3.63, 3.8) is 0 Å². The van der Waals surface area contributed by atoms with Gasteiger partial charge in [0.05, 0.1) is 11.0 Å². The topological polar surface area (TPSA) is 57.0 Å². The highest BCUT2D eigenvalue weighted by Crippen LogP contribution is 2.44. The molecule has 12 rings (SSSR count). The summed E-state index contributed by atoms with van der Waals surface area (Å²) in [4.78, 5) is 9.62. The van der Waals surface area contributed by atoms with E-state index in [9.17, 15) is 0 Å². The molecule has 12 aromatic rings. The smallest absolute Gasteiger partial charge is 0.180 e. The number of hydrogen-bond acceptors (Lipinski definition) is 4. The summed E-state index contributed by atoms with van der Waals surface area (Å²) in [5, 5.41) is 5.38. The SMILES string of the molecule is c1ccc(-c2ccc(-c3ccc4oc5c(-c6cccc7oc8c(-c9ccc%10c(c9)c9ccccc9n%10-c9ccccc9)cccc8c67)ncnc5c4c3)cc2)cc1. The van der Waals surface area contributed by atoms with Crippen LogP contribution in [-0.2, 0) is 0 Å². The van der Waals surface area contributed by atoms with E-state index in [1.807, 2.05) is 24.3 Å². The van der Waals surface area contributed by atoms with Gasteiger partial charge in [-0.1, -0.05) is 133 Å². The van der Waals surface area contributed by atoms with Crippen LogP contribution in [0.3, 0.4) is 0 Å². The zero-order valence-electron chi connectivity index (χ0n) is 30.6. The molecule has 0 atom stereocenters. The summed E-state index contributed by atoms with van der Waals surface area (Å²) in [6.45, 7) is 0. The Morgan fingerprint density at radius 3 is 1.88 bits per heavy atom. The van der Waals surface area contributed by atoms with E-state index in [0.29, 0.717) is 5.58 Å². The van der Waals surface area contributed by atoms with Crippen molar-refractivity contribution in [1.82, 2.24) is 14.5 Å². The summed E-state index contributed by atoms with van der Waals surface area (Å²) in [5.74, 6) is 0. The van der Waals surface area contributed by atoms with Crippen molar-refractivity contribution >= 4 is 65.8 Å². The summed E-state index contributed by atoms with van der Waals surface area (Å²) in [5.41, 5.74) is 15.7. The zero-order valence-corrected chi connectivity index (χ0v) is 30.6. The number of benzene rings is 8. The molecular weight excluding hydrogens is 699 g/mol. The Morgan fingerprint density at radius 1 is 0.386 bits per heavy atom. The maximum Gasteiger partial charge on any atom is 0.180 e. The van der Waals surface area contributed by atoms with Gasteiger partial charge in [-0.25, -0.2) is 9.97 Å². The van der Waals surface area contributed by atoms with Crippen molar-refractivity contribution in [2.24, 2.45) is 0 Å². The molecule has 0 spiro atoms. The fraction of sp³-hybridized carbons (Fsp3) is 0. The number of para-hydroxylation sites is 3. The highest BCUT2D eigenvalue weighted by molar-refractivity contribution is 6.18. The van der Waals surface area contributed by atoms with Crippen LogP contribution in [0, 0.1) is 0 Å². The highest BCUT2D eigenvalue weighted by Gasteiger charge is 2.22. The minimum Gasteiger partial charge on any atom is -0.455 e. The molecule has 4 heterocycles. The molecular formula is C52H31N3O2. The molecule has 0 fully saturated rings. The first-order valence-corrected chi connectivity index (χ1v) is 19.1. The molecule has 0 saturated carbocycles. The average molecular weight is 730 g/mol. The first-order valence-electron chi connectivity index (χ1n) is 19.1. The number of nitrogens with zero attached hydrogens (tertiary/aromatic N) is 3. The lowest BCUT2D eigenvalue weighted by atomic mass is 9.98. The molecule has 0 aliphatic carbocycles. The third-order valence-corrected chi connectivity index (χ3v) is 11.4. The Balaban J connectivity index is 0.984. The zero-order chi connectivity index (χ0) is 37.5. The van der Waals surface area contributed by atoms with Crippen molar-refractivity contribution in [3.05, 3.63) is 188 Å². The van der Waals surface area contributed by atoms with Crippen LogP contribution < -0.4 is 0 Å². The number of aromatic nitrogens is 3. The predicted molar refractivity (Wildman–Crippen MR) is 233 cm³/mol. The van der Waals surface area contributed by atoms with Crippen LogP contribution in [0.15, 0.2) is 197 Å². The normalized spacial score (nSPS) is 11.9. The first-order chi connectivity index (χ1) is 28.3. The van der Waals surface area contributed by atoms with Gasteiger partial charge in [-0.2, -0.15) is 0 Å². The molecule has 5 heteroatoms. The Hall–Kier alpha value is -7.76. The van der Waals surface area contributed by atoms with Crippen molar-refractivity contribution in [1.29, 1.82) is 0 Å². The number of furan rings is 2. The van der Waals surface area contributed by atoms with E-state index in [0.717, 1.165) is 83.1 Å². The van der Waals surface area contributed by atoms with Gasteiger partial charge < -0.3 is 13.4 Å². The summed E-state index contributed by atoms with van der Waals surface area (Å²) in [6.07, 6.45) is 1.64. The molecule has 0 saturated heterocycles. The van der Waals surface area contributed by atoms with E-state index in [1.54, 1.807) is 6.33 Å². The van der Waals surface area contributed by atoms with E-state index in [1.165, 1.54) is 27.4 Å². The molecule has 266 valence electrons. The molecule has 4 aromatic heterocycles. The summed E-state index contributed by atoms with van der Waals surface area (Å²) < 4.78 is 15.7. The monoisotopic (exact) mass is 729 g/mol. The van der Waals surface area contributed by atoms with Crippen molar-refractivity contribution in [3.8, 4) is 50.3 Å². The minimum atomic E-state index is 0.655. The maximum atomic E-state index is 6.77. The van der Waals surface area contributed by atoms with E-state index >= 15 is 0 Å². The van der Waals surface area contributed by atoms with Crippen LogP contribution in [0.1, 0.15) is 0 Å². The van der Waals surface area contributed by atoms with E-state index < -0.39 is 0 Å². The van der Waals surface area contributed by atoms with Gasteiger partial charge in [0, 0.05) is 43.7 Å². The maximum absolute atomic E-state index is 6.77. The molecule has 0 radical (unpaired) electrons. The second-order valence-electron chi connectivity index (χ2n) is 14.5. The summed E-state index contributed by atoms with van der Waals surface area (Å²) in [6, 6.07) is 63.9.